The topological polar surface area (TPSA) is 54.9 Å². The third-order valence-corrected chi connectivity index (χ3v) is 6.40. The Morgan fingerprint density at radius 2 is 1.83 bits per heavy atom. The van der Waals surface area contributed by atoms with Gasteiger partial charge in [0.1, 0.15) is 0 Å². The average molecular weight is 412 g/mol. The second-order valence-corrected chi connectivity index (χ2v) is 8.21. The summed E-state index contributed by atoms with van der Waals surface area (Å²) in [4.78, 5) is 21.5. The van der Waals surface area contributed by atoms with Crippen LogP contribution in [0, 0.1) is 13.8 Å². The van der Waals surface area contributed by atoms with E-state index in [0.29, 0.717) is 24.6 Å². The first-order chi connectivity index (χ1) is 14.0. The highest BCUT2D eigenvalue weighted by molar-refractivity contribution is 7.22. The molecule has 1 fully saturated rings. The van der Waals surface area contributed by atoms with E-state index in [1.165, 1.54) is 15.8 Å². The number of para-hydroxylation sites is 2. The standard InChI is InChI=1S/C22H25N3O3S/c1-15-12-16(2)21-17(13-15)23-22(29-21)25-10-8-24(9-11-25)20(26)14-28-19-7-5-4-6-18(19)27-3/h4-7,12-13H,8-11,14H2,1-3H3. The number of fused-ring (bicyclic) bond motifs is 1. The van der Waals surface area contributed by atoms with E-state index in [4.69, 9.17) is 14.5 Å². The van der Waals surface area contributed by atoms with Crippen molar-refractivity contribution in [3.63, 3.8) is 0 Å². The van der Waals surface area contributed by atoms with Crippen molar-refractivity contribution >= 4 is 32.6 Å². The molecule has 0 atom stereocenters. The van der Waals surface area contributed by atoms with E-state index in [1.54, 1.807) is 24.5 Å². The van der Waals surface area contributed by atoms with Crippen molar-refractivity contribution in [2.75, 3.05) is 44.8 Å². The van der Waals surface area contributed by atoms with Crippen LogP contribution in [0.2, 0.25) is 0 Å². The molecule has 0 N–H and O–H groups in total. The first-order valence-electron chi connectivity index (χ1n) is 9.71. The van der Waals surface area contributed by atoms with Gasteiger partial charge in [0.15, 0.2) is 23.2 Å². The van der Waals surface area contributed by atoms with Crippen LogP contribution in [-0.4, -0.2) is 55.7 Å². The Kier molecular flexibility index (Phi) is 5.58. The number of anilines is 1. The van der Waals surface area contributed by atoms with Gasteiger partial charge in [-0.1, -0.05) is 29.5 Å². The largest absolute Gasteiger partial charge is 0.493 e. The second kappa shape index (κ2) is 8.29. The van der Waals surface area contributed by atoms with Gasteiger partial charge in [-0.05, 0) is 43.2 Å². The summed E-state index contributed by atoms with van der Waals surface area (Å²) in [6.45, 7) is 7.14. The average Bonchev–Trinajstić information content (AvgIpc) is 3.16. The van der Waals surface area contributed by atoms with Crippen molar-refractivity contribution in [3.05, 3.63) is 47.5 Å². The van der Waals surface area contributed by atoms with Gasteiger partial charge < -0.3 is 19.3 Å². The zero-order valence-electron chi connectivity index (χ0n) is 17.0. The number of aryl methyl sites for hydroxylation is 2. The lowest BCUT2D eigenvalue weighted by Gasteiger charge is -2.34. The molecule has 3 aromatic rings. The summed E-state index contributed by atoms with van der Waals surface area (Å²) in [6, 6.07) is 11.7. The maximum Gasteiger partial charge on any atom is 0.260 e. The van der Waals surface area contributed by atoms with E-state index >= 15 is 0 Å². The molecule has 29 heavy (non-hydrogen) atoms. The van der Waals surface area contributed by atoms with Gasteiger partial charge in [-0.15, -0.1) is 0 Å². The first-order valence-corrected chi connectivity index (χ1v) is 10.5. The number of methoxy groups -OCH3 is 1. The van der Waals surface area contributed by atoms with Gasteiger partial charge in [-0.25, -0.2) is 4.98 Å². The van der Waals surface area contributed by atoms with Crippen LogP contribution >= 0.6 is 11.3 Å². The molecule has 7 heteroatoms. The van der Waals surface area contributed by atoms with E-state index < -0.39 is 0 Å². The summed E-state index contributed by atoms with van der Waals surface area (Å²) in [5, 5.41) is 1.03. The highest BCUT2D eigenvalue weighted by Gasteiger charge is 2.24. The fourth-order valence-electron chi connectivity index (χ4n) is 3.62. The number of ether oxygens (including phenoxy) is 2. The van der Waals surface area contributed by atoms with Crippen molar-refractivity contribution in [1.29, 1.82) is 0 Å². The van der Waals surface area contributed by atoms with Crippen LogP contribution in [0.3, 0.4) is 0 Å². The molecule has 1 aliphatic heterocycles. The van der Waals surface area contributed by atoms with Gasteiger partial charge in [0, 0.05) is 26.2 Å². The molecule has 0 saturated carbocycles. The molecule has 0 aliphatic carbocycles. The van der Waals surface area contributed by atoms with Gasteiger partial charge in [-0.3, -0.25) is 4.79 Å². The van der Waals surface area contributed by atoms with Crippen LogP contribution in [0.1, 0.15) is 11.1 Å². The SMILES string of the molecule is COc1ccccc1OCC(=O)N1CCN(c2nc3cc(C)cc(C)c3s2)CC1. The van der Waals surface area contributed by atoms with E-state index in [0.717, 1.165) is 23.7 Å². The molecule has 0 radical (unpaired) electrons. The Morgan fingerprint density at radius 3 is 2.55 bits per heavy atom. The fraction of sp³-hybridized carbons (Fsp3) is 0.364. The molecule has 0 unspecified atom stereocenters. The predicted molar refractivity (Wildman–Crippen MR) is 116 cm³/mol. The van der Waals surface area contributed by atoms with Gasteiger partial charge in [0.25, 0.3) is 5.91 Å². The monoisotopic (exact) mass is 411 g/mol. The Hall–Kier alpha value is -2.80. The minimum Gasteiger partial charge on any atom is -0.493 e. The normalized spacial score (nSPS) is 14.3. The van der Waals surface area contributed by atoms with Crippen LogP contribution in [0.25, 0.3) is 10.2 Å². The number of carbonyl (C=O) groups is 1. The maximum atomic E-state index is 12.6. The van der Waals surface area contributed by atoms with E-state index in [-0.39, 0.29) is 12.5 Å². The van der Waals surface area contributed by atoms with Crippen LogP contribution < -0.4 is 14.4 Å². The molecule has 6 nitrogen and oxygen atoms in total. The Bertz CT molecular complexity index is 1030. The minimum atomic E-state index is -0.00803. The van der Waals surface area contributed by atoms with Crippen LogP contribution in [-0.2, 0) is 4.79 Å². The summed E-state index contributed by atoms with van der Waals surface area (Å²) in [5.74, 6) is 1.21. The lowest BCUT2D eigenvalue weighted by Crippen LogP contribution is -2.50. The summed E-state index contributed by atoms with van der Waals surface area (Å²) in [6.07, 6.45) is 0. The lowest BCUT2D eigenvalue weighted by atomic mass is 10.1. The summed E-state index contributed by atoms with van der Waals surface area (Å²) >= 11 is 1.73. The molecule has 1 amide bonds. The fourth-order valence-corrected chi connectivity index (χ4v) is 4.68. The summed E-state index contributed by atoms with van der Waals surface area (Å²) in [7, 11) is 1.59. The van der Waals surface area contributed by atoms with Crippen molar-refractivity contribution in [2.45, 2.75) is 13.8 Å². The van der Waals surface area contributed by atoms with Gasteiger partial charge in [0.2, 0.25) is 0 Å². The number of thiazole rings is 1. The van der Waals surface area contributed by atoms with Crippen molar-refractivity contribution < 1.29 is 14.3 Å². The Labute approximate surface area is 174 Å². The summed E-state index contributed by atoms with van der Waals surface area (Å²) in [5.41, 5.74) is 3.56. The summed E-state index contributed by atoms with van der Waals surface area (Å²) < 4.78 is 12.2. The van der Waals surface area contributed by atoms with Crippen molar-refractivity contribution in [1.82, 2.24) is 9.88 Å². The van der Waals surface area contributed by atoms with Crippen LogP contribution in [0.15, 0.2) is 36.4 Å². The molecule has 0 spiro atoms. The lowest BCUT2D eigenvalue weighted by molar-refractivity contribution is -0.133. The Balaban J connectivity index is 1.35. The number of hydrogen-bond donors (Lipinski definition) is 0. The van der Waals surface area contributed by atoms with Gasteiger partial charge in [0.05, 0.1) is 17.3 Å². The van der Waals surface area contributed by atoms with Crippen molar-refractivity contribution in [3.8, 4) is 11.5 Å². The van der Waals surface area contributed by atoms with E-state index in [1.807, 2.05) is 23.1 Å². The highest BCUT2D eigenvalue weighted by Crippen LogP contribution is 2.32. The highest BCUT2D eigenvalue weighted by atomic mass is 32.1. The van der Waals surface area contributed by atoms with Crippen LogP contribution in [0.5, 0.6) is 11.5 Å². The smallest absolute Gasteiger partial charge is 0.260 e. The predicted octanol–water partition coefficient (Wildman–Crippen LogP) is 3.65. The number of carbonyl (C=O) groups excluding carboxylic acids is 1. The molecule has 2 heterocycles. The zero-order valence-corrected chi connectivity index (χ0v) is 17.8. The minimum absolute atomic E-state index is 0.00803. The van der Waals surface area contributed by atoms with Crippen LogP contribution in [0.4, 0.5) is 5.13 Å². The number of nitrogens with zero attached hydrogens (tertiary/aromatic N) is 3. The zero-order chi connectivity index (χ0) is 20.4. The third-order valence-electron chi connectivity index (χ3n) is 5.13. The molecule has 152 valence electrons. The number of piperazine rings is 1. The number of benzene rings is 2. The van der Waals surface area contributed by atoms with E-state index in [9.17, 15) is 4.79 Å². The molecule has 2 aromatic carbocycles. The molecule has 1 aromatic heterocycles. The third kappa shape index (κ3) is 4.15. The first kappa shape index (κ1) is 19.5. The second-order valence-electron chi connectivity index (χ2n) is 7.23. The molecular weight excluding hydrogens is 386 g/mol. The molecule has 1 saturated heterocycles. The number of aromatic nitrogens is 1. The molecule has 1 aliphatic rings. The number of amides is 1. The molecular formula is C22H25N3O3S. The Morgan fingerprint density at radius 1 is 1.10 bits per heavy atom. The quantitative estimate of drug-likeness (QED) is 0.642. The molecule has 4 rings (SSSR count). The number of rotatable bonds is 5. The van der Waals surface area contributed by atoms with Crippen molar-refractivity contribution in [2.24, 2.45) is 0 Å². The maximum absolute atomic E-state index is 12.6. The van der Waals surface area contributed by atoms with Gasteiger partial charge >= 0.3 is 0 Å². The van der Waals surface area contributed by atoms with Gasteiger partial charge in [-0.2, -0.15) is 0 Å². The number of hydrogen-bond acceptors (Lipinski definition) is 6. The van der Waals surface area contributed by atoms with E-state index in [2.05, 4.69) is 30.9 Å². The molecule has 0 bridgehead atoms.